The molecule has 1 rings (SSSR count). The highest BCUT2D eigenvalue weighted by Gasteiger charge is 2.24. The average molecular weight is 288 g/mol. The summed E-state index contributed by atoms with van der Waals surface area (Å²) in [6.45, 7) is 3.53. The van der Waals surface area contributed by atoms with E-state index < -0.39 is 11.7 Å². The van der Waals surface area contributed by atoms with Crippen molar-refractivity contribution < 1.29 is 9.53 Å². The molecule has 0 aliphatic heterocycles. The van der Waals surface area contributed by atoms with Gasteiger partial charge in [-0.05, 0) is 35.8 Å². The van der Waals surface area contributed by atoms with Gasteiger partial charge in [-0.25, -0.2) is 4.79 Å². The Hall–Kier alpha value is -1.30. The van der Waals surface area contributed by atoms with E-state index in [9.17, 15) is 4.79 Å². The van der Waals surface area contributed by atoms with Crippen LogP contribution in [0.2, 0.25) is 0 Å². The van der Waals surface area contributed by atoms with Gasteiger partial charge in [0.1, 0.15) is 5.60 Å². The fourth-order valence-corrected chi connectivity index (χ4v) is 1.83. The van der Waals surface area contributed by atoms with Crippen LogP contribution in [0.3, 0.4) is 0 Å². The second-order valence-corrected chi connectivity index (χ2v) is 4.91. The molecule has 0 radical (unpaired) electrons. The number of anilines is 1. The molecule has 0 aliphatic carbocycles. The van der Waals surface area contributed by atoms with Crippen LogP contribution >= 0.6 is 15.9 Å². The lowest BCUT2D eigenvalue weighted by Crippen LogP contribution is -2.33. The Morgan fingerprint density at radius 1 is 1.62 bits per heavy atom. The van der Waals surface area contributed by atoms with Crippen LogP contribution < -0.4 is 11.5 Å². The first-order chi connectivity index (χ1) is 7.30. The lowest BCUT2D eigenvalue weighted by molar-refractivity contribution is 0.0452. The zero-order valence-electron chi connectivity index (χ0n) is 9.16. The maximum Gasteiger partial charge on any atom is 0.405 e. The summed E-state index contributed by atoms with van der Waals surface area (Å²) in [6.07, 6.45) is 1.22. The summed E-state index contributed by atoms with van der Waals surface area (Å²) in [6, 6.07) is 1.75. The molecular formula is C10H14BrN3O2. The van der Waals surface area contributed by atoms with Gasteiger partial charge in [-0.15, -0.1) is 0 Å². The van der Waals surface area contributed by atoms with Crippen LogP contribution in [0.4, 0.5) is 10.5 Å². The van der Waals surface area contributed by atoms with Gasteiger partial charge < -0.3 is 16.2 Å². The fourth-order valence-electron chi connectivity index (χ4n) is 1.32. The molecule has 5 nitrogen and oxygen atoms in total. The number of hydrogen-bond acceptors (Lipinski definition) is 4. The lowest BCUT2D eigenvalue weighted by atomic mass is 10.0. The molecule has 1 aromatic heterocycles. The van der Waals surface area contributed by atoms with E-state index in [-0.39, 0.29) is 0 Å². The van der Waals surface area contributed by atoms with Gasteiger partial charge in [-0.1, -0.05) is 0 Å². The van der Waals surface area contributed by atoms with Gasteiger partial charge in [0.05, 0.1) is 17.6 Å². The first-order valence-electron chi connectivity index (χ1n) is 4.68. The Morgan fingerprint density at radius 3 is 2.75 bits per heavy atom. The van der Waals surface area contributed by atoms with Crippen LogP contribution in [-0.2, 0) is 11.2 Å². The Morgan fingerprint density at radius 2 is 2.25 bits per heavy atom. The molecule has 0 aliphatic rings. The quantitative estimate of drug-likeness (QED) is 0.887. The van der Waals surface area contributed by atoms with Gasteiger partial charge in [-0.2, -0.15) is 0 Å². The first-order valence-corrected chi connectivity index (χ1v) is 5.48. The number of nitrogens with two attached hydrogens (primary N) is 2. The normalized spacial score (nSPS) is 11.2. The highest BCUT2D eigenvalue weighted by molar-refractivity contribution is 9.10. The number of hydrogen-bond donors (Lipinski definition) is 2. The average Bonchev–Trinajstić information content (AvgIpc) is 2.07. The largest absolute Gasteiger partial charge is 0.443 e. The number of halogens is 1. The minimum absolute atomic E-state index is 0.455. The Bertz CT molecular complexity index is 407. The van der Waals surface area contributed by atoms with Crippen molar-refractivity contribution in [3.8, 4) is 0 Å². The molecular weight excluding hydrogens is 274 g/mol. The Kier molecular flexibility index (Phi) is 3.74. The zero-order valence-corrected chi connectivity index (χ0v) is 10.7. The molecule has 1 aromatic rings. The number of carbonyl (C=O) groups excluding carboxylic acids is 1. The van der Waals surface area contributed by atoms with E-state index in [1.807, 2.05) is 0 Å². The number of nitrogens with zero attached hydrogens (tertiary/aromatic N) is 1. The molecule has 0 aromatic carbocycles. The molecule has 0 fully saturated rings. The molecule has 88 valence electrons. The van der Waals surface area contributed by atoms with Gasteiger partial charge in [0.25, 0.3) is 0 Å². The van der Waals surface area contributed by atoms with Crippen molar-refractivity contribution in [2.45, 2.75) is 25.9 Å². The maximum absolute atomic E-state index is 10.7. The summed E-state index contributed by atoms with van der Waals surface area (Å²) in [5, 5.41) is 0. The summed E-state index contributed by atoms with van der Waals surface area (Å²) in [7, 11) is 0. The molecule has 1 amide bonds. The minimum Gasteiger partial charge on any atom is -0.443 e. The van der Waals surface area contributed by atoms with Crippen LogP contribution in [0.5, 0.6) is 0 Å². The summed E-state index contributed by atoms with van der Waals surface area (Å²) < 4.78 is 5.76. The smallest absolute Gasteiger partial charge is 0.405 e. The van der Waals surface area contributed by atoms with E-state index in [2.05, 4.69) is 20.9 Å². The number of ether oxygens (including phenoxy) is 1. The van der Waals surface area contributed by atoms with Crippen molar-refractivity contribution >= 4 is 27.7 Å². The monoisotopic (exact) mass is 287 g/mol. The van der Waals surface area contributed by atoms with Crippen molar-refractivity contribution in [2.75, 3.05) is 5.73 Å². The number of carbonyl (C=O) groups is 1. The molecule has 0 bridgehead atoms. The molecule has 0 unspecified atom stereocenters. The summed E-state index contributed by atoms with van der Waals surface area (Å²) in [5.41, 5.74) is 11.2. The summed E-state index contributed by atoms with van der Waals surface area (Å²) in [4.78, 5) is 14.9. The number of nitrogen functional groups attached to an aromatic ring is 1. The second kappa shape index (κ2) is 4.69. The summed E-state index contributed by atoms with van der Waals surface area (Å²) in [5.74, 6) is 0. The number of primary amides is 1. The maximum atomic E-state index is 10.7. The SMILES string of the molecule is CC(C)(Cc1ncc(N)cc1Br)OC(N)=O. The summed E-state index contributed by atoms with van der Waals surface area (Å²) >= 11 is 3.35. The molecule has 1 heterocycles. The van der Waals surface area contributed by atoms with Crippen LogP contribution in [-0.4, -0.2) is 16.7 Å². The molecule has 16 heavy (non-hydrogen) atoms. The predicted molar refractivity (Wildman–Crippen MR) is 64.8 cm³/mol. The van der Waals surface area contributed by atoms with Gasteiger partial charge in [0.2, 0.25) is 0 Å². The van der Waals surface area contributed by atoms with E-state index in [1.165, 1.54) is 0 Å². The van der Waals surface area contributed by atoms with Crippen LogP contribution in [0.25, 0.3) is 0 Å². The van der Waals surface area contributed by atoms with Gasteiger partial charge in [0.15, 0.2) is 0 Å². The molecule has 0 saturated heterocycles. The standard InChI is InChI=1S/C10H14BrN3O2/c1-10(2,16-9(13)15)4-8-7(11)3-6(12)5-14-8/h3,5H,4,12H2,1-2H3,(H2,13,15). The third-order valence-corrected chi connectivity index (χ3v) is 2.60. The van der Waals surface area contributed by atoms with Crippen molar-refractivity contribution in [2.24, 2.45) is 5.73 Å². The number of amides is 1. The van der Waals surface area contributed by atoms with Crippen LogP contribution in [0.15, 0.2) is 16.7 Å². The van der Waals surface area contributed by atoms with E-state index in [0.717, 1.165) is 10.2 Å². The topological polar surface area (TPSA) is 91.2 Å². The molecule has 0 atom stereocenters. The first kappa shape index (κ1) is 12.8. The van der Waals surface area contributed by atoms with E-state index in [4.69, 9.17) is 16.2 Å². The van der Waals surface area contributed by atoms with Crippen molar-refractivity contribution in [3.63, 3.8) is 0 Å². The van der Waals surface area contributed by atoms with Crippen molar-refractivity contribution in [1.29, 1.82) is 0 Å². The molecule has 0 saturated carbocycles. The predicted octanol–water partition coefficient (Wildman–Crippen LogP) is 1.84. The van der Waals surface area contributed by atoms with Crippen molar-refractivity contribution in [3.05, 3.63) is 22.4 Å². The Labute approximate surface area is 102 Å². The van der Waals surface area contributed by atoms with E-state index in [0.29, 0.717) is 12.1 Å². The third-order valence-electron chi connectivity index (χ3n) is 1.91. The van der Waals surface area contributed by atoms with Crippen molar-refractivity contribution in [1.82, 2.24) is 4.98 Å². The molecule has 0 spiro atoms. The van der Waals surface area contributed by atoms with Gasteiger partial charge in [-0.3, -0.25) is 4.98 Å². The highest BCUT2D eigenvalue weighted by atomic mass is 79.9. The van der Waals surface area contributed by atoms with E-state index in [1.54, 1.807) is 26.1 Å². The number of aromatic nitrogens is 1. The van der Waals surface area contributed by atoms with Gasteiger partial charge >= 0.3 is 6.09 Å². The van der Waals surface area contributed by atoms with Crippen LogP contribution in [0, 0.1) is 0 Å². The van der Waals surface area contributed by atoms with Gasteiger partial charge in [0, 0.05) is 10.9 Å². The minimum atomic E-state index is -0.795. The number of rotatable bonds is 3. The lowest BCUT2D eigenvalue weighted by Gasteiger charge is -2.23. The zero-order chi connectivity index (χ0) is 12.3. The Balaban J connectivity index is 2.83. The second-order valence-electron chi connectivity index (χ2n) is 4.05. The van der Waals surface area contributed by atoms with Crippen LogP contribution in [0.1, 0.15) is 19.5 Å². The molecule has 6 heteroatoms. The van der Waals surface area contributed by atoms with E-state index >= 15 is 0 Å². The third kappa shape index (κ3) is 3.69. The number of pyridine rings is 1. The highest BCUT2D eigenvalue weighted by Crippen LogP contribution is 2.23. The fraction of sp³-hybridized carbons (Fsp3) is 0.400. The molecule has 4 N–H and O–H groups in total.